The number of hydrogen-bond acceptors (Lipinski definition) is 6. The van der Waals surface area contributed by atoms with Crippen molar-refractivity contribution >= 4 is 11.8 Å². The molecule has 0 bridgehead atoms. The molecule has 2 aliphatic rings. The van der Waals surface area contributed by atoms with Gasteiger partial charge in [0.1, 0.15) is 0 Å². The monoisotopic (exact) mass is 384 g/mol. The highest BCUT2D eigenvalue weighted by Crippen LogP contribution is 2.27. The molecule has 0 amide bonds. The van der Waals surface area contributed by atoms with E-state index in [9.17, 15) is 5.11 Å². The first-order chi connectivity index (χ1) is 13.2. The van der Waals surface area contributed by atoms with Gasteiger partial charge in [-0.25, -0.2) is 9.97 Å². The standard InChI is InChI=1S/C21H28N4OS/c1-2-27-21-22-10-17(11-23-21)12-24-14-19-9-20(26)15-25(19)13-18(24)8-16-6-4-3-5-7-16/h3-7,10-11,18-20,26H,2,8-9,12-15H2,1H3/t18-,19-,20+/m0/s1. The van der Waals surface area contributed by atoms with Crippen LogP contribution in [0, 0.1) is 0 Å². The summed E-state index contributed by atoms with van der Waals surface area (Å²) in [7, 11) is 0. The first-order valence-corrected chi connectivity index (χ1v) is 10.8. The Hall–Kier alpha value is -1.47. The lowest BCUT2D eigenvalue weighted by Gasteiger charge is -2.43. The van der Waals surface area contributed by atoms with E-state index in [1.54, 1.807) is 11.8 Å². The summed E-state index contributed by atoms with van der Waals surface area (Å²) >= 11 is 1.67. The van der Waals surface area contributed by atoms with Gasteiger partial charge in [-0.05, 0) is 24.2 Å². The third kappa shape index (κ3) is 4.69. The van der Waals surface area contributed by atoms with E-state index >= 15 is 0 Å². The summed E-state index contributed by atoms with van der Waals surface area (Å²) in [6.07, 6.45) is 5.68. The maximum atomic E-state index is 10.1. The summed E-state index contributed by atoms with van der Waals surface area (Å²) in [6.45, 7) is 5.82. The molecule has 0 spiro atoms. The average molecular weight is 385 g/mol. The minimum atomic E-state index is -0.180. The fraction of sp³-hybridized carbons (Fsp3) is 0.524. The summed E-state index contributed by atoms with van der Waals surface area (Å²) in [4.78, 5) is 14.0. The zero-order chi connectivity index (χ0) is 18.6. The van der Waals surface area contributed by atoms with Crippen molar-refractivity contribution in [3.63, 3.8) is 0 Å². The molecule has 1 aromatic heterocycles. The van der Waals surface area contributed by atoms with Crippen molar-refractivity contribution in [2.45, 2.75) is 49.7 Å². The van der Waals surface area contributed by atoms with Gasteiger partial charge in [0.25, 0.3) is 0 Å². The Morgan fingerprint density at radius 2 is 1.85 bits per heavy atom. The number of hydrogen-bond donors (Lipinski definition) is 1. The van der Waals surface area contributed by atoms with Gasteiger partial charge >= 0.3 is 0 Å². The van der Waals surface area contributed by atoms with Crippen LogP contribution in [0.25, 0.3) is 0 Å². The van der Waals surface area contributed by atoms with E-state index in [1.165, 1.54) is 11.1 Å². The molecule has 3 heterocycles. The molecule has 27 heavy (non-hydrogen) atoms. The molecule has 0 unspecified atom stereocenters. The lowest BCUT2D eigenvalue weighted by atomic mass is 9.99. The molecule has 0 aliphatic carbocycles. The van der Waals surface area contributed by atoms with Gasteiger partial charge in [-0.15, -0.1) is 0 Å². The largest absolute Gasteiger partial charge is 0.392 e. The van der Waals surface area contributed by atoms with Gasteiger partial charge in [0.2, 0.25) is 0 Å². The highest BCUT2D eigenvalue weighted by molar-refractivity contribution is 7.99. The van der Waals surface area contributed by atoms with Crippen molar-refractivity contribution in [1.29, 1.82) is 0 Å². The summed E-state index contributed by atoms with van der Waals surface area (Å²) in [5.41, 5.74) is 2.54. The zero-order valence-corrected chi connectivity index (χ0v) is 16.7. The molecule has 144 valence electrons. The van der Waals surface area contributed by atoms with E-state index in [4.69, 9.17) is 0 Å². The number of nitrogens with zero attached hydrogens (tertiary/aromatic N) is 4. The predicted octanol–water partition coefficient (Wildman–Crippen LogP) is 2.45. The zero-order valence-electron chi connectivity index (χ0n) is 15.9. The molecule has 5 nitrogen and oxygen atoms in total. The van der Waals surface area contributed by atoms with E-state index in [0.29, 0.717) is 12.1 Å². The maximum Gasteiger partial charge on any atom is 0.187 e. The Labute approximate surface area is 165 Å². The van der Waals surface area contributed by atoms with Gasteiger partial charge in [-0.2, -0.15) is 0 Å². The van der Waals surface area contributed by atoms with Gasteiger partial charge in [-0.1, -0.05) is 49.0 Å². The van der Waals surface area contributed by atoms with Crippen LogP contribution in [0.4, 0.5) is 0 Å². The summed E-state index contributed by atoms with van der Waals surface area (Å²) in [6, 6.07) is 11.6. The lowest BCUT2D eigenvalue weighted by molar-refractivity contribution is 0.0443. The third-order valence-corrected chi connectivity index (χ3v) is 6.33. The van der Waals surface area contributed by atoms with Crippen LogP contribution in [-0.2, 0) is 13.0 Å². The van der Waals surface area contributed by atoms with Crippen LogP contribution in [0.1, 0.15) is 24.5 Å². The molecule has 2 fully saturated rings. The molecule has 2 aromatic rings. The third-order valence-electron chi connectivity index (χ3n) is 5.57. The van der Waals surface area contributed by atoms with Crippen LogP contribution < -0.4 is 0 Å². The second-order valence-corrected chi connectivity index (χ2v) is 8.81. The van der Waals surface area contributed by atoms with E-state index < -0.39 is 0 Å². The number of aromatic nitrogens is 2. The van der Waals surface area contributed by atoms with E-state index in [1.807, 2.05) is 12.4 Å². The fourth-order valence-corrected chi connectivity index (χ4v) is 4.83. The fourth-order valence-electron chi connectivity index (χ4n) is 4.31. The van der Waals surface area contributed by atoms with Gasteiger partial charge in [0, 0.05) is 56.2 Å². The van der Waals surface area contributed by atoms with Crippen LogP contribution in [0.2, 0.25) is 0 Å². The molecule has 6 heteroatoms. The second-order valence-electron chi connectivity index (χ2n) is 7.58. The number of aliphatic hydroxyl groups is 1. The number of aliphatic hydroxyl groups excluding tert-OH is 1. The van der Waals surface area contributed by atoms with Gasteiger partial charge in [0.15, 0.2) is 5.16 Å². The first-order valence-electron chi connectivity index (χ1n) is 9.85. The van der Waals surface area contributed by atoms with Crippen LogP contribution >= 0.6 is 11.8 Å². The minimum Gasteiger partial charge on any atom is -0.392 e. The Kier molecular flexibility index (Phi) is 6.08. The molecule has 2 aliphatic heterocycles. The van der Waals surface area contributed by atoms with Gasteiger partial charge in [-0.3, -0.25) is 9.80 Å². The average Bonchev–Trinajstić information content (AvgIpc) is 3.03. The summed E-state index contributed by atoms with van der Waals surface area (Å²) < 4.78 is 0. The Bertz CT molecular complexity index is 727. The molecule has 1 aromatic carbocycles. The Morgan fingerprint density at radius 3 is 2.59 bits per heavy atom. The SMILES string of the molecule is CCSc1ncc(CN2C[C@@H]3C[C@@H](O)CN3C[C@@H]2Cc2ccccc2)cn1. The van der Waals surface area contributed by atoms with Crippen molar-refractivity contribution in [1.82, 2.24) is 19.8 Å². The van der Waals surface area contributed by atoms with Gasteiger partial charge in [0.05, 0.1) is 6.10 Å². The first kappa shape index (κ1) is 18.9. The van der Waals surface area contributed by atoms with Crippen LogP contribution in [0.5, 0.6) is 0 Å². The molecule has 2 saturated heterocycles. The smallest absolute Gasteiger partial charge is 0.187 e. The summed E-state index contributed by atoms with van der Waals surface area (Å²) in [5.74, 6) is 0.991. The van der Waals surface area contributed by atoms with E-state index in [2.05, 4.69) is 57.0 Å². The predicted molar refractivity (Wildman–Crippen MR) is 109 cm³/mol. The topological polar surface area (TPSA) is 52.5 Å². The van der Waals surface area contributed by atoms with Crippen LogP contribution in [-0.4, -0.2) is 68.4 Å². The minimum absolute atomic E-state index is 0.180. The maximum absolute atomic E-state index is 10.1. The number of fused-ring (bicyclic) bond motifs is 1. The number of thioether (sulfide) groups is 1. The molecular weight excluding hydrogens is 356 g/mol. The Balaban J connectivity index is 1.49. The van der Waals surface area contributed by atoms with Crippen molar-refractivity contribution in [2.75, 3.05) is 25.4 Å². The van der Waals surface area contributed by atoms with E-state index in [-0.39, 0.29) is 6.10 Å². The van der Waals surface area contributed by atoms with Crippen molar-refractivity contribution < 1.29 is 5.11 Å². The molecule has 0 radical (unpaired) electrons. The van der Waals surface area contributed by atoms with Gasteiger partial charge < -0.3 is 5.11 Å². The quantitative estimate of drug-likeness (QED) is 0.610. The Morgan fingerprint density at radius 1 is 1.07 bits per heavy atom. The second kappa shape index (κ2) is 8.69. The molecule has 1 N–H and O–H groups in total. The van der Waals surface area contributed by atoms with Crippen LogP contribution in [0.3, 0.4) is 0 Å². The summed E-state index contributed by atoms with van der Waals surface area (Å²) in [5, 5.41) is 11.0. The number of benzene rings is 1. The highest BCUT2D eigenvalue weighted by Gasteiger charge is 2.39. The normalized spacial score (nSPS) is 26.2. The molecule has 4 rings (SSSR count). The molecule has 0 saturated carbocycles. The van der Waals surface area contributed by atoms with Crippen LogP contribution in [0.15, 0.2) is 47.9 Å². The van der Waals surface area contributed by atoms with Crippen molar-refractivity contribution in [2.24, 2.45) is 0 Å². The van der Waals surface area contributed by atoms with E-state index in [0.717, 1.165) is 49.9 Å². The number of piperazine rings is 1. The number of rotatable bonds is 6. The highest BCUT2D eigenvalue weighted by atomic mass is 32.2. The molecule has 3 atom stereocenters. The van der Waals surface area contributed by atoms with Crippen molar-refractivity contribution in [3.8, 4) is 0 Å². The van der Waals surface area contributed by atoms with Crippen molar-refractivity contribution in [3.05, 3.63) is 53.9 Å². The lowest BCUT2D eigenvalue weighted by Crippen LogP contribution is -2.56. The molecular formula is C21H28N4OS.